The molecule has 13 heavy (non-hydrogen) atoms. The van der Waals surface area contributed by atoms with Crippen LogP contribution in [-0.2, 0) is 11.3 Å². The van der Waals surface area contributed by atoms with Gasteiger partial charge in [-0.25, -0.2) is 0 Å². The summed E-state index contributed by atoms with van der Waals surface area (Å²) >= 11 is 5.55. The largest absolute Gasteiger partial charge is 0.349 e. The van der Waals surface area contributed by atoms with Crippen LogP contribution in [0.1, 0.15) is 12.6 Å². The van der Waals surface area contributed by atoms with E-state index in [4.69, 9.17) is 11.6 Å². The monoisotopic (exact) mass is 199 g/mol. The van der Waals surface area contributed by atoms with Crippen LogP contribution in [0.15, 0.2) is 18.3 Å². The number of amides is 1. The minimum Gasteiger partial charge on any atom is -0.349 e. The van der Waals surface area contributed by atoms with Crippen LogP contribution in [0, 0.1) is 0 Å². The minimum absolute atomic E-state index is 0.202. The molecule has 1 aromatic heterocycles. The molecule has 1 unspecified atom stereocenters. The van der Waals surface area contributed by atoms with Crippen LogP contribution in [0.4, 0.5) is 0 Å². The van der Waals surface area contributed by atoms with Crippen LogP contribution < -0.4 is 5.32 Å². The number of nitrogens with one attached hydrogen (secondary N) is 1. The van der Waals surface area contributed by atoms with E-state index in [1.165, 1.54) is 0 Å². The van der Waals surface area contributed by atoms with Gasteiger partial charge in [-0.2, -0.15) is 10.2 Å². The number of alkyl halides is 1. The average Bonchev–Trinajstić information content (AvgIpc) is 2.15. The first kappa shape index (κ1) is 9.92. The molecule has 1 heterocycles. The fourth-order valence-electron chi connectivity index (χ4n) is 0.746. The van der Waals surface area contributed by atoms with E-state index in [-0.39, 0.29) is 5.91 Å². The van der Waals surface area contributed by atoms with Gasteiger partial charge < -0.3 is 5.32 Å². The highest BCUT2D eigenvalue weighted by atomic mass is 35.5. The van der Waals surface area contributed by atoms with Crippen molar-refractivity contribution in [3.05, 3.63) is 24.0 Å². The third kappa shape index (κ3) is 3.38. The van der Waals surface area contributed by atoms with Gasteiger partial charge >= 0.3 is 0 Å². The summed E-state index contributed by atoms with van der Waals surface area (Å²) in [5.41, 5.74) is 0.716. The van der Waals surface area contributed by atoms with E-state index < -0.39 is 5.38 Å². The van der Waals surface area contributed by atoms with E-state index in [9.17, 15) is 4.79 Å². The van der Waals surface area contributed by atoms with Gasteiger partial charge in [0.1, 0.15) is 5.38 Å². The molecular weight excluding hydrogens is 190 g/mol. The summed E-state index contributed by atoms with van der Waals surface area (Å²) < 4.78 is 0. The molecule has 1 aromatic rings. The summed E-state index contributed by atoms with van der Waals surface area (Å²) in [6.07, 6.45) is 1.58. The van der Waals surface area contributed by atoms with Crippen molar-refractivity contribution < 1.29 is 4.79 Å². The summed E-state index contributed by atoms with van der Waals surface area (Å²) in [6, 6.07) is 3.55. The van der Waals surface area contributed by atoms with Crippen molar-refractivity contribution in [3.63, 3.8) is 0 Å². The van der Waals surface area contributed by atoms with Crippen molar-refractivity contribution in [2.24, 2.45) is 0 Å². The van der Waals surface area contributed by atoms with Crippen LogP contribution in [0.3, 0.4) is 0 Å². The van der Waals surface area contributed by atoms with Crippen molar-refractivity contribution in [1.82, 2.24) is 15.5 Å². The van der Waals surface area contributed by atoms with Gasteiger partial charge in [-0.3, -0.25) is 4.79 Å². The Morgan fingerprint density at radius 3 is 3.08 bits per heavy atom. The highest BCUT2D eigenvalue weighted by Gasteiger charge is 2.07. The molecule has 0 bridgehead atoms. The van der Waals surface area contributed by atoms with Crippen LogP contribution in [0.5, 0.6) is 0 Å². The highest BCUT2D eigenvalue weighted by Crippen LogP contribution is 1.94. The van der Waals surface area contributed by atoms with Gasteiger partial charge in [0.25, 0.3) is 0 Å². The van der Waals surface area contributed by atoms with E-state index >= 15 is 0 Å². The lowest BCUT2D eigenvalue weighted by Crippen LogP contribution is -2.29. The molecule has 5 heteroatoms. The van der Waals surface area contributed by atoms with Gasteiger partial charge in [-0.1, -0.05) is 0 Å². The topological polar surface area (TPSA) is 54.9 Å². The lowest BCUT2D eigenvalue weighted by Gasteiger charge is -2.04. The van der Waals surface area contributed by atoms with Gasteiger partial charge in [0.05, 0.1) is 12.2 Å². The molecule has 1 rings (SSSR count). The minimum atomic E-state index is -0.517. The molecule has 70 valence electrons. The van der Waals surface area contributed by atoms with Crippen molar-refractivity contribution in [3.8, 4) is 0 Å². The van der Waals surface area contributed by atoms with E-state index in [1.807, 2.05) is 0 Å². The quantitative estimate of drug-likeness (QED) is 0.730. The number of halogens is 1. The Hall–Kier alpha value is -1.16. The fraction of sp³-hybridized carbons (Fsp3) is 0.375. The Balaban J connectivity index is 2.40. The molecule has 0 saturated heterocycles. The molecule has 0 fully saturated rings. The van der Waals surface area contributed by atoms with Gasteiger partial charge in [0.15, 0.2) is 0 Å². The van der Waals surface area contributed by atoms with Gasteiger partial charge in [0.2, 0.25) is 5.91 Å². The molecule has 0 aliphatic carbocycles. The maximum atomic E-state index is 11.0. The normalized spacial score (nSPS) is 12.2. The molecule has 1 N–H and O–H groups in total. The Morgan fingerprint density at radius 1 is 1.77 bits per heavy atom. The lowest BCUT2D eigenvalue weighted by molar-refractivity contribution is -0.120. The average molecular weight is 200 g/mol. The van der Waals surface area contributed by atoms with Crippen LogP contribution in [0.2, 0.25) is 0 Å². The third-order valence-electron chi connectivity index (χ3n) is 1.43. The fourth-order valence-corrected chi connectivity index (χ4v) is 0.823. The number of aromatic nitrogens is 2. The Bertz CT molecular complexity index is 276. The summed E-state index contributed by atoms with van der Waals surface area (Å²) in [6.45, 7) is 1.98. The highest BCUT2D eigenvalue weighted by molar-refractivity contribution is 6.30. The van der Waals surface area contributed by atoms with Gasteiger partial charge in [0, 0.05) is 6.20 Å². The second-order valence-corrected chi connectivity index (χ2v) is 3.20. The molecular formula is C8H10ClN3O. The number of carbonyl (C=O) groups excluding carboxylic acids is 1. The maximum absolute atomic E-state index is 11.0. The second kappa shape index (κ2) is 4.77. The summed E-state index contributed by atoms with van der Waals surface area (Å²) in [5, 5.41) is 9.58. The first-order valence-corrected chi connectivity index (χ1v) is 4.32. The Kier molecular flexibility index (Phi) is 3.64. The van der Waals surface area contributed by atoms with E-state index in [0.29, 0.717) is 12.2 Å². The van der Waals surface area contributed by atoms with Crippen molar-refractivity contribution in [2.75, 3.05) is 0 Å². The van der Waals surface area contributed by atoms with Gasteiger partial charge in [-0.15, -0.1) is 11.6 Å². The molecule has 0 aliphatic rings. The van der Waals surface area contributed by atoms with Crippen LogP contribution in [0.25, 0.3) is 0 Å². The lowest BCUT2D eigenvalue weighted by atomic mass is 10.3. The van der Waals surface area contributed by atoms with Crippen molar-refractivity contribution in [1.29, 1.82) is 0 Å². The van der Waals surface area contributed by atoms with E-state index in [1.54, 1.807) is 25.3 Å². The van der Waals surface area contributed by atoms with Gasteiger partial charge in [-0.05, 0) is 19.1 Å². The van der Waals surface area contributed by atoms with Crippen molar-refractivity contribution in [2.45, 2.75) is 18.8 Å². The molecule has 0 spiro atoms. The molecule has 1 amide bonds. The SMILES string of the molecule is CC(Cl)C(=O)NCc1cccnn1. The smallest absolute Gasteiger partial charge is 0.238 e. The van der Waals surface area contributed by atoms with Crippen LogP contribution in [-0.4, -0.2) is 21.5 Å². The Labute approximate surface area is 81.3 Å². The molecule has 0 radical (unpaired) electrons. The first-order valence-electron chi connectivity index (χ1n) is 3.88. The third-order valence-corrected chi connectivity index (χ3v) is 1.63. The zero-order chi connectivity index (χ0) is 9.68. The summed E-state index contributed by atoms with van der Waals surface area (Å²) in [7, 11) is 0. The predicted octanol–water partition coefficient (Wildman–Crippen LogP) is 0.720. The zero-order valence-electron chi connectivity index (χ0n) is 7.20. The summed E-state index contributed by atoms with van der Waals surface area (Å²) in [5.74, 6) is -0.202. The van der Waals surface area contributed by atoms with E-state index in [0.717, 1.165) is 0 Å². The number of hydrogen-bond acceptors (Lipinski definition) is 3. The molecule has 1 atom stereocenters. The molecule has 0 aromatic carbocycles. The standard InChI is InChI=1S/C8H10ClN3O/c1-6(9)8(13)10-5-7-3-2-4-11-12-7/h2-4,6H,5H2,1H3,(H,10,13). The number of rotatable bonds is 3. The molecule has 4 nitrogen and oxygen atoms in total. The van der Waals surface area contributed by atoms with Crippen LogP contribution >= 0.6 is 11.6 Å². The maximum Gasteiger partial charge on any atom is 0.238 e. The second-order valence-electron chi connectivity index (χ2n) is 2.55. The van der Waals surface area contributed by atoms with Crippen molar-refractivity contribution >= 4 is 17.5 Å². The predicted molar refractivity (Wildman–Crippen MR) is 49.2 cm³/mol. The zero-order valence-corrected chi connectivity index (χ0v) is 7.95. The Morgan fingerprint density at radius 2 is 2.54 bits per heavy atom. The number of nitrogens with zero attached hydrogens (tertiary/aromatic N) is 2. The molecule has 0 saturated carbocycles. The number of hydrogen-bond donors (Lipinski definition) is 1. The van der Waals surface area contributed by atoms with E-state index in [2.05, 4.69) is 15.5 Å². The first-order chi connectivity index (χ1) is 6.20. The summed E-state index contributed by atoms with van der Waals surface area (Å²) in [4.78, 5) is 11.0. The molecule has 0 aliphatic heterocycles. The number of carbonyl (C=O) groups is 1.